The summed E-state index contributed by atoms with van der Waals surface area (Å²) in [4.78, 5) is 37.7. The first kappa shape index (κ1) is 29.7. The minimum absolute atomic E-state index is 0.0177. The predicted octanol–water partition coefficient (Wildman–Crippen LogP) is 4.72. The number of carbonyl (C=O) groups is 3. The lowest BCUT2D eigenvalue weighted by atomic mass is 9.87. The lowest BCUT2D eigenvalue weighted by Crippen LogP contribution is -2.33. The smallest absolute Gasteiger partial charge is 0.266 e. The van der Waals surface area contributed by atoms with Gasteiger partial charge in [-0.25, -0.2) is 14.0 Å². The zero-order valence-electron chi connectivity index (χ0n) is 22.9. The molecule has 38 heavy (non-hydrogen) atoms. The predicted molar refractivity (Wildman–Crippen MR) is 148 cm³/mol. The molecule has 1 saturated carbocycles. The molecule has 1 aromatic carbocycles. The van der Waals surface area contributed by atoms with Crippen LogP contribution in [0.4, 0.5) is 0 Å². The quantitative estimate of drug-likeness (QED) is 0.441. The van der Waals surface area contributed by atoms with Gasteiger partial charge < -0.3 is 5.32 Å². The van der Waals surface area contributed by atoms with Crippen LogP contribution in [-0.2, 0) is 25.9 Å². The first-order chi connectivity index (χ1) is 18.0. The van der Waals surface area contributed by atoms with Crippen LogP contribution in [0.25, 0.3) is 0 Å². The average molecular weight is 544 g/mol. The van der Waals surface area contributed by atoms with Crippen LogP contribution >= 0.6 is 0 Å². The number of amides is 2. The molecule has 2 amide bonds. The Morgan fingerprint density at radius 2 is 1.68 bits per heavy atom. The van der Waals surface area contributed by atoms with E-state index in [1.807, 2.05) is 18.2 Å². The summed E-state index contributed by atoms with van der Waals surface area (Å²) in [6, 6.07) is 5.96. The maximum atomic E-state index is 13.1. The van der Waals surface area contributed by atoms with Gasteiger partial charge in [-0.1, -0.05) is 71.6 Å². The molecule has 2 aromatic rings. The van der Waals surface area contributed by atoms with Gasteiger partial charge >= 0.3 is 0 Å². The average Bonchev–Trinajstić information content (AvgIpc) is 3.22. The number of nitrogens with zero attached hydrogens (tertiary/aromatic N) is 3. The number of nitrogens with two attached hydrogens (primary N) is 1. The lowest BCUT2D eigenvalue weighted by Gasteiger charge is -2.18. The van der Waals surface area contributed by atoms with Crippen molar-refractivity contribution < 1.29 is 18.6 Å². The molecule has 1 aromatic heterocycles. The Morgan fingerprint density at radius 3 is 2.26 bits per heavy atom. The molecule has 1 heterocycles. The monoisotopic (exact) mass is 543 g/mol. The molecule has 1 atom stereocenters. The molecule has 3 N–H and O–H groups in total. The molecule has 0 radical (unpaired) electrons. The molecular formula is C28H41N5O4S. The van der Waals surface area contributed by atoms with Gasteiger partial charge in [-0.15, -0.1) is 4.36 Å². The fraction of sp³-hybridized carbons (Fsp3) is 0.571. The number of rotatable bonds is 9. The molecule has 0 saturated heterocycles. The normalized spacial score (nSPS) is 16.2. The van der Waals surface area contributed by atoms with Crippen LogP contribution in [-0.4, -0.2) is 38.3 Å². The van der Waals surface area contributed by atoms with Crippen LogP contribution in [0.2, 0.25) is 0 Å². The Labute approximate surface area is 226 Å². The van der Waals surface area contributed by atoms with Gasteiger partial charge in [-0.05, 0) is 47.3 Å². The van der Waals surface area contributed by atoms with Gasteiger partial charge in [0.25, 0.3) is 11.8 Å². The molecule has 208 valence electrons. The van der Waals surface area contributed by atoms with Crippen molar-refractivity contribution in [2.24, 2.45) is 15.4 Å². The minimum Gasteiger partial charge on any atom is -0.347 e. The summed E-state index contributed by atoms with van der Waals surface area (Å²) in [6.07, 6.45) is 9.56. The Balaban J connectivity index is 1.66. The summed E-state index contributed by atoms with van der Waals surface area (Å²) in [5.74, 6) is -0.500. The summed E-state index contributed by atoms with van der Waals surface area (Å²) in [6.45, 7) is 7.99. The molecule has 1 aliphatic rings. The summed E-state index contributed by atoms with van der Waals surface area (Å²) in [5, 5.41) is 12.5. The third-order valence-corrected chi connectivity index (χ3v) is 8.46. The molecule has 1 unspecified atom stereocenters. The number of nitrogens with one attached hydrogen (secondary N) is 1. The van der Waals surface area contributed by atoms with E-state index in [-0.39, 0.29) is 35.6 Å². The van der Waals surface area contributed by atoms with Gasteiger partial charge in [0.2, 0.25) is 5.91 Å². The Hall–Kier alpha value is -2.85. The second-order valence-electron chi connectivity index (χ2n) is 10.8. The number of aromatic nitrogens is 2. The van der Waals surface area contributed by atoms with Crippen LogP contribution in [0.3, 0.4) is 0 Å². The van der Waals surface area contributed by atoms with E-state index in [0.717, 1.165) is 47.1 Å². The molecule has 0 aliphatic heterocycles. The van der Waals surface area contributed by atoms with Crippen molar-refractivity contribution in [3.8, 4) is 0 Å². The van der Waals surface area contributed by atoms with E-state index in [1.165, 1.54) is 25.2 Å². The van der Waals surface area contributed by atoms with Crippen molar-refractivity contribution >= 4 is 27.6 Å². The van der Waals surface area contributed by atoms with E-state index in [0.29, 0.717) is 12.3 Å². The molecule has 9 nitrogen and oxygen atoms in total. The number of carbonyl (C=O) groups excluding carboxylic acids is 3. The number of hydrogen-bond acceptors (Lipinski definition) is 5. The SMILES string of the molecule is CC(C)c1cccc(C(C)C)c1CC(=O)N=S(N)(=O)c1cnn(C(=O)CNC(=O)CC2CCCCCC2)c1. The fourth-order valence-electron chi connectivity index (χ4n) is 5.05. The van der Waals surface area contributed by atoms with Crippen LogP contribution in [0.1, 0.15) is 106 Å². The molecule has 0 bridgehead atoms. The molecule has 1 fully saturated rings. The molecule has 0 spiro atoms. The summed E-state index contributed by atoms with van der Waals surface area (Å²) >= 11 is 0. The summed E-state index contributed by atoms with van der Waals surface area (Å²) in [7, 11) is -3.61. The molecular weight excluding hydrogens is 502 g/mol. The molecule has 10 heteroatoms. The second kappa shape index (κ2) is 13.3. The second-order valence-corrected chi connectivity index (χ2v) is 12.6. The highest BCUT2D eigenvalue weighted by atomic mass is 32.2. The van der Waals surface area contributed by atoms with Crippen LogP contribution in [0, 0.1) is 5.92 Å². The number of benzene rings is 1. The maximum absolute atomic E-state index is 13.1. The van der Waals surface area contributed by atoms with E-state index < -0.39 is 21.7 Å². The third kappa shape index (κ3) is 8.07. The Morgan fingerprint density at radius 1 is 1.08 bits per heavy atom. The van der Waals surface area contributed by atoms with Crippen molar-refractivity contribution in [2.45, 2.75) is 95.8 Å². The first-order valence-corrected chi connectivity index (χ1v) is 15.1. The van der Waals surface area contributed by atoms with E-state index >= 15 is 0 Å². The summed E-state index contributed by atoms with van der Waals surface area (Å²) < 4.78 is 17.9. The summed E-state index contributed by atoms with van der Waals surface area (Å²) in [5.41, 5.74) is 2.97. The zero-order valence-corrected chi connectivity index (χ0v) is 23.8. The highest BCUT2D eigenvalue weighted by Gasteiger charge is 2.20. The van der Waals surface area contributed by atoms with Crippen molar-refractivity contribution in [3.05, 3.63) is 47.3 Å². The van der Waals surface area contributed by atoms with E-state index in [4.69, 9.17) is 5.14 Å². The van der Waals surface area contributed by atoms with Crippen molar-refractivity contribution in [3.63, 3.8) is 0 Å². The van der Waals surface area contributed by atoms with Gasteiger partial charge in [0.1, 0.15) is 14.8 Å². The lowest BCUT2D eigenvalue weighted by molar-refractivity contribution is -0.122. The third-order valence-electron chi connectivity index (χ3n) is 7.10. The maximum Gasteiger partial charge on any atom is 0.266 e. The minimum atomic E-state index is -3.61. The molecule has 3 rings (SSSR count). The van der Waals surface area contributed by atoms with E-state index in [1.54, 1.807) is 0 Å². The fourth-order valence-corrected chi connectivity index (χ4v) is 5.97. The topological polar surface area (TPSA) is 137 Å². The van der Waals surface area contributed by atoms with Gasteiger partial charge in [0.05, 0.1) is 25.4 Å². The van der Waals surface area contributed by atoms with Crippen LogP contribution < -0.4 is 10.5 Å². The van der Waals surface area contributed by atoms with Gasteiger partial charge in [0.15, 0.2) is 0 Å². The standard InChI is InChI=1S/C28H41N5O4S/c1-19(2)23-12-9-13-24(20(3)4)25(23)15-27(35)32-38(29,37)22-16-31-33(18-22)28(36)17-30-26(34)14-21-10-7-5-6-8-11-21/h9,12-13,16,18-21H,5-8,10-11,14-15,17H2,1-4H3,(H,30,34)(H2,29,32,35,37). The molecule has 1 aliphatic carbocycles. The zero-order chi connectivity index (χ0) is 27.9. The van der Waals surface area contributed by atoms with E-state index in [9.17, 15) is 18.6 Å². The Kier molecular flexibility index (Phi) is 10.4. The highest BCUT2D eigenvalue weighted by Crippen LogP contribution is 2.29. The van der Waals surface area contributed by atoms with Gasteiger partial charge in [-0.2, -0.15) is 5.10 Å². The highest BCUT2D eigenvalue weighted by molar-refractivity contribution is 7.91. The Bertz CT molecular complexity index is 1240. The van der Waals surface area contributed by atoms with Crippen molar-refractivity contribution in [2.75, 3.05) is 6.54 Å². The van der Waals surface area contributed by atoms with Crippen LogP contribution in [0.5, 0.6) is 0 Å². The number of hydrogen-bond donors (Lipinski definition) is 2. The van der Waals surface area contributed by atoms with Gasteiger partial charge in [0, 0.05) is 6.42 Å². The first-order valence-electron chi connectivity index (χ1n) is 13.5. The van der Waals surface area contributed by atoms with E-state index in [2.05, 4.69) is 42.5 Å². The van der Waals surface area contributed by atoms with Crippen LogP contribution in [0.15, 0.2) is 39.9 Å². The largest absolute Gasteiger partial charge is 0.347 e. The van der Waals surface area contributed by atoms with Crippen molar-refractivity contribution in [1.82, 2.24) is 15.1 Å². The van der Waals surface area contributed by atoms with Gasteiger partial charge in [-0.3, -0.25) is 14.4 Å². The van der Waals surface area contributed by atoms with Crippen molar-refractivity contribution in [1.29, 1.82) is 0 Å².